The number of aliphatic hydroxyl groups excluding tert-OH is 1. The molecular weight excluding hydrogens is 268 g/mol. The Labute approximate surface area is 116 Å². The normalized spacial score (nSPS) is 20.1. The van der Waals surface area contributed by atoms with Crippen LogP contribution in [0.2, 0.25) is 5.02 Å². The summed E-state index contributed by atoms with van der Waals surface area (Å²) in [6, 6.07) is 2.76. The van der Waals surface area contributed by atoms with Crippen LogP contribution in [0.25, 0.3) is 4.85 Å². The van der Waals surface area contributed by atoms with Gasteiger partial charge in [-0.2, -0.15) is 0 Å². The summed E-state index contributed by atoms with van der Waals surface area (Å²) in [5.74, 6) is 0. The summed E-state index contributed by atoms with van der Waals surface area (Å²) in [4.78, 5) is 16.5. The van der Waals surface area contributed by atoms with E-state index in [-0.39, 0.29) is 6.61 Å². The van der Waals surface area contributed by atoms with E-state index >= 15 is 0 Å². The molecule has 0 saturated carbocycles. The first-order valence-electron chi connectivity index (χ1n) is 5.78. The van der Waals surface area contributed by atoms with E-state index < -0.39 is 18.2 Å². The van der Waals surface area contributed by atoms with Gasteiger partial charge in [0, 0.05) is 5.69 Å². The number of cyclic esters (lactones) is 1. The van der Waals surface area contributed by atoms with Crippen LogP contribution in [0.4, 0.5) is 16.2 Å². The van der Waals surface area contributed by atoms with Crippen LogP contribution in [-0.4, -0.2) is 30.0 Å². The third-order valence-corrected chi connectivity index (χ3v) is 3.66. The molecule has 1 saturated heterocycles. The third-order valence-electron chi connectivity index (χ3n) is 3.18. The van der Waals surface area contributed by atoms with Crippen LogP contribution in [-0.2, 0) is 4.74 Å². The number of ether oxygens (including phenoxy) is 1. The molecule has 1 amide bonds. The van der Waals surface area contributed by atoms with Crippen molar-refractivity contribution in [1.29, 1.82) is 0 Å². The summed E-state index contributed by atoms with van der Waals surface area (Å²) >= 11 is 6.10. The number of benzene rings is 1. The highest BCUT2D eigenvalue weighted by Gasteiger charge is 2.38. The highest BCUT2D eigenvalue weighted by Crippen LogP contribution is 2.37. The number of amides is 1. The molecule has 1 aromatic rings. The molecule has 1 aromatic carbocycles. The number of nitrogens with zero attached hydrogens (tertiary/aromatic N) is 2. The van der Waals surface area contributed by atoms with Crippen LogP contribution in [0.5, 0.6) is 0 Å². The van der Waals surface area contributed by atoms with Crippen LogP contribution in [0.1, 0.15) is 12.5 Å². The molecule has 1 aliphatic rings. The molecule has 2 atom stereocenters. The van der Waals surface area contributed by atoms with Gasteiger partial charge < -0.3 is 9.84 Å². The van der Waals surface area contributed by atoms with Gasteiger partial charge in [-0.3, -0.25) is 4.90 Å². The third kappa shape index (κ3) is 2.25. The summed E-state index contributed by atoms with van der Waals surface area (Å²) in [6.45, 7) is 10.5. The molecule has 0 unspecified atom stereocenters. The van der Waals surface area contributed by atoms with Gasteiger partial charge in [0.1, 0.15) is 12.6 Å². The first kappa shape index (κ1) is 13.7. The topological polar surface area (TPSA) is 54.1 Å². The number of hydrogen-bond donors (Lipinski definition) is 1. The minimum absolute atomic E-state index is 0.137. The average Bonchev–Trinajstić information content (AvgIpc) is 2.75. The number of aliphatic hydroxyl groups is 1. The fraction of sp³-hybridized carbons (Fsp3) is 0.385. The standard InChI is InChI=1S/C13H13ClN2O3/c1-7-10(5-4-9(15-3)12(7)14)16-11(8(2)17)6-19-13(16)18/h4-5,8,11,17H,6H2,1-2H3/t8-,11+/m0/s1. The maximum Gasteiger partial charge on any atom is 0.414 e. The van der Waals surface area contributed by atoms with E-state index in [0.29, 0.717) is 22.0 Å². The van der Waals surface area contributed by atoms with Crippen molar-refractivity contribution in [3.8, 4) is 0 Å². The fourth-order valence-corrected chi connectivity index (χ4v) is 2.28. The average molecular weight is 281 g/mol. The van der Waals surface area contributed by atoms with Crippen molar-refractivity contribution in [2.24, 2.45) is 0 Å². The second-order valence-electron chi connectivity index (χ2n) is 4.41. The lowest BCUT2D eigenvalue weighted by molar-refractivity contribution is 0.142. The monoisotopic (exact) mass is 280 g/mol. The van der Waals surface area contributed by atoms with Gasteiger partial charge in [-0.25, -0.2) is 9.64 Å². The Morgan fingerprint density at radius 2 is 2.32 bits per heavy atom. The van der Waals surface area contributed by atoms with Crippen molar-refractivity contribution in [3.05, 3.63) is 34.1 Å². The first-order chi connectivity index (χ1) is 8.97. The Hall–Kier alpha value is -1.77. The van der Waals surface area contributed by atoms with E-state index in [9.17, 15) is 9.90 Å². The molecule has 5 nitrogen and oxygen atoms in total. The molecular formula is C13H13ClN2O3. The first-order valence-corrected chi connectivity index (χ1v) is 6.15. The molecule has 0 aliphatic carbocycles. The number of carbonyl (C=O) groups is 1. The number of halogens is 1. The van der Waals surface area contributed by atoms with Crippen LogP contribution in [0.15, 0.2) is 12.1 Å². The van der Waals surface area contributed by atoms with Crippen molar-refractivity contribution in [3.63, 3.8) is 0 Å². The Morgan fingerprint density at radius 1 is 1.63 bits per heavy atom. The largest absolute Gasteiger partial charge is 0.447 e. The zero-order chi connectivity index (χ0) is 14.2. The summed E-state index contributed by atoms with van der Waals surface area (Å²) in [5, 5.41) is 10.0. The van der Waals surface area contributed by atoms with E-state index in [1.54, 1.807) is 26.0 Å². The van der Waals surface area contributed by atoms with E-state index in [4.69, 9.17) is 22.9 Å². The Morgan fingerprint density at radius 3 is 2.89 bits per heavy atom. The maximum atomic E-state index is 11.8. The van der Waals surface area contributed by atoms with Crippen LogP contribution in [0, 0.1) is 13.5 Å². The zero-order valence-electron chi connectivity index (χ0n) is 10.6. The lowest BCUT2D eigenvalue weighted by atomic mass is 10.1. The van der Waals surface area contributed by atoms with Gasteiger partial charge in [0.05, 0.1) is 17.7 Å². The second kappa shape index (κ2) is 5.08. The van der Waals surface area contributed by atoms with Gasteiger partial charge in [-0.15, -0.1) is 0 Å². The highest BCUT2D eigenvalue weighted by molar-refractivity contribution is 6.34. The molecule has 1 N–H and O–H groups in total. The fourth-order valence-electron chi connectivity index (χ4n) is 2.08. The summed E-state index contributed by atoms with van der Waals surface area (Å²) in [5.41, 5.74) is 1.52. The number of hydrogen-bond acceptors (Lipinski definition) is 3. The van der Waals surface area contributed by atoms with Gasteiger partial charge in [-0.05, 0) is 25.5 Å². The lowest BCUT2D eigenvalue weighted by Gasteiger charge is -2.25. The van der Waals surface area contributed by atoms with E-state index in [1.807, 2.05) is 0 Å². The van der Waals surface area contributed by atoms with Crippen LogP contribution >= 0.6 is 11.6 Å². The van der Waals surface area contributed by atoms with Crippen LogP contribution in [0.3, 0.4) is 0 Å². The lowest BCUT2D eigenvalue weighted by Crippen LogP contribution is -2.41. The van der Waals surface area contributed by atoms with E-state index in [1.165, 1.54) is 4.90 Å². The van der Waals surface area contributed by atoms with Gasteiger partial charge in [0.25, 0.3) is 0 Å². The predicted molar refractivity (Wildman–Crippen MR) is 71.7 cm³/mol. The highest BCUT2D eigenvalue weighted by atomic mass is 35.5. The quantitative estimate of drug-likeness (QED) is 0.848. The van der Waals surface area contributed by atoms with Crippen molar-refractivity contribution >= 4 is 29.1 Å². The molecule has 19 heavy (non-hydrogen) atoms. The van der Waals surface area contributed by atoms with Crippen molar-refractivity contribution in [1.82, 2.24) is 0 Å². The van der Waals surface area contributed by atoms with Gasteiger partial charge in [0.2, 0.25) is 5.69 Å². The number of anilines is 1. The van der Waals surface area contributed by atoms with E-state index in [0.717, 1.165) is 0 Å². The second-order valence-corrected chi connectivity index (χ2v) is 4.79. The Balaban J connectivity index is 2.50. The molecule has 0 bridgehead atoms. The van der Waals surface area contributed by atoms with Gasteiger partial charge in [-0.1, -0.05) is 17.7 Å². The molecule has 1 heterocycles. The van der Waals surface area contributed by atoms with Crippen LogP contribution < -0.4 is 4.90 Å². The SMILES string of the molecule is [C-]#[N+]c1ccc(N2C(=O)OC[C@@H]2[C@H](C)O)c(C)c1Cl. The molecule has 1 fully saturated rings. The number of rotatable bonds is 2. The predicted octanol–water partition coefficient (Wildman–Crippen LogP) is 2.91. The molecule has 100 valence electrons. The smallest absolute Gasteiger partial charge is 0.414 e. The molecule has 0 aromatic heterocycles. The minimum atomic E-state index is -0.717. The van der Waals surface area contributed by atoms with Crippen molar-refractivity contribution in [2.75, 3.05) is 11.5 Å². The van der Waals surface area contributed by atoms with Gasteiger partial charge in [0.15, 0.2) is 0 Å². The van der Waals surface area contributed by atoms with Gasteiger partial charge >= 0.3 is 6.09 Å². The zero-order valence-corrected chi connectivity index (χ0v) is 11.3. The Bertz CT molecular complexity index is 566. The Kier molecular flexibility index (Phi) is 3.65. The molecule has 0 spiro atoms. The summed E-state index contributed by atoms with van der Waals surface area (Å²) in [6.07, 6.45) is -1.23. The molecule has 0 radical (unpaired) electrons. The molecule has 6 heteroatoms. The summed E-state index contributed by atoms with van der Waals surface area (Å²) in [7, 11) is 0. The summed E-state index contributed by atoms with van der Waals surface area (Å²) < 4.78 is 4.97. The van der Waals surface area contributed by atoms with Crippen molar-refractivity contribution < 1.29 is 14.6 Å². The number of carbonyl (C=O) groups excluding carboxylic acids is 1. The molecule has 1 aliphatic heterocycles. The molecule has 2 rings (SSSR count). The van der Waals surface area contributed by atoms with E-state index in [2.05, 4.69) is 4.85 Å². The maximum absolute atomic E-state index is 11.8. The minimum Gasteiger partial charge on any atom is -0.447 e. The van der Waals surface area contributed by atoms with Crippen molar-refractivity contribution in [2.45, 2.75) is 26.0 Å².